The minimum Gasteiger partial charge on any atom is -0.459 e. The third-order valence-electron chi connectivity index (χ3n) is 3.86. The Labute approximate surface area is 183 Å². The monoisotopic (exact) mass is 481 g/mol. The van der Waals surface area contributed by atoms with Gasteiger partial charge in [0.15, 0.2) is 5.76 Å². The van der Waals surface area contributed by atoms with Crippen LogP contribution in [0.4, 0.5) is 5.00 Å². The van der Waals surface area contributed by atoms with Crippen molar-refractivity contribution in [3.63, 3.8) is 0 Å². The highest BCUT2D eigenvalue weighted by atomic mass is 79.9. The zero-order chi connectivity index (χ0) is 20.2. The summed E-state index contributed by atoms with van der Waals surface area (Å²) < 4.78 is 6.09. The Morgan fingerprint density at radius 1 is 1.24 bits per heavy atom. The van der Waals surface area contributed by atoms with Crippen molar-refractivity contribution in [2.45, 2.75) is 0 Å². The van der Waals surface area contributed by atoms with Gasteiger partial charge in [-0.15, -0.1) is 11.3 Å². The second-order valence-electron chi connectivity index (χ2n) is 5.83. The van der Waals surface area contributed by atoms with Crippen molar-refractivity contribution in [1.29, 1.82) is 5.26 Å². The molecule has 0 aliphatic carbocycles. The molecule has 8 heteroatoms. The summed E-state index contributed by atoms with van der Waals surface area (Å²) >= 11 is 6.21. The fourth-order valence-electron chi connectivity index (χ4n) is 2.58. The maximum Gasteiger partial charge on any atom is 0.292 e. The van der Waals surface area contributed by atoms with Crippen molar-refractivity contribution in [2.24, 2.45) is 0 Å². The van der Waals surface area contributed by atoms with Gasteiger partial charge in [0.2, 0.25) is 0 Å². The molecule has 1 amide bonds. The number of furan rings is 1. The molecule has 29 heavy (non-hydrogen) atoms. The summed E-state index contributed by atoms with van der Waals surface area (Å²) in [6, 6.07) is 17.0. The average molecular weight is 482 g/mol. The number of thiazole rings is 1. The van der Waals surface area contributed by atoms with Crippen LogP contribution < -0.4 is 5.32 Å². The number of rotatable bonds is 5. The van der Waals surface area contributed by atoms with Crippen LogP contribution in [-0.4, -0.2) is 10.9 Å². The van der Waals surface area contributed by atoms with Crippen molar-refractivity contribution in [1.82, 2.24) is 4.98 Å². The number of aromatic nitrogens is 1. The number of benzene rings is 1. The normalized spacial score (nSPS) is 11.2. The van der Waals surface area contributed by atoms with Gasteiger partial charge in [-0.05, 0) is 47.4 Å². The zero-order valence-corrected chi connectivity index (χ0v) is 18.0. The molecular formula is C21H12BrN3O2S2. The predicted molar refractivity (Wildman–Crippen MR) is 120 cm³/mol. The SMILES string of the molecule is N#CC(=Cc1cccc(Br)c1)c1nc(-c2cccs2)c(NC(=O)c2ccco2)s1. The quantitative estimate of drug-likeness (QED) is 0.328. The first-order valence-corrected chi connectivity index (χ1v) is 10.9. The summed E-state index contributed by atoms with van der Waals surface area (Å²) in [5.74, 6) is -0.153. The highest BCUT2D eigenvalue weighted by Gasteiger charge is 2.20. The number of amides is 1. The van der Waals surface area contributed by atoms with E-state index in [1.54, 1.807) is 18.2 Å². The first kappa shape index (κ1) is 19.3. The molecule has 0 atom stereocenters. The number of nitrogens with zero attached hydrogens (tertiary/aromatic N) is 2. The van der Waals surface area contributed by atoms with Crippen molar-refractivity contribution in [3.05, 3.63) is 81.0 Å². The molecule has 5 nitrogen and oxygen atoms in total. The topological polar surface area (TPSA) is 78.9 Å². The van der Waals surface area contributed by atoms with Crippen molar-refractivity contribution in [3.8, 4) is 16.6 Å². The highest BCUT2D eigenvalue weighted by molar-refractivity contribution is 9.10. The largest absolute Gasteiger partial charge is 0.459 e. The summed E-state index contributed by atoms with van der Waals surface area (Å²) in [5.41, 5.74) is 1.93. The lowest BCUT2D eigenvalue weighted by Crippen LogP contribution is -2.10. The van der Waals surface area contributed by atoms with Crippen LogP contribution in [0.5, 0.6) is 0 Å². The maximum absolute atomic E-state index is 12.5. The van der Waals surface area contributed by atoms with Crippen LogP contribution in [0, 0.1) is 11.3 Å². The Balaban J connectivity index is 1.74. The molecule has 3 aromatic heterocycles. The molecular weight excluding hydrogens is 470 g/mol. The number of carbonyl (C=O) groups excluding carboxylic acids is 1. The van der Waals surface area contributed by atoms with Crippen LogP contribution in [0.1, 0.15) is 21.1 Å². The van der Waals surface area contributed by atoms with E-state index in [1.165, 1.54) is 28.9 Å². The van der Waals surface area contributed by atoms with Gasteiger partial charge in [0.1, 0.15) is 21.8 Å². The molecule has 1 N–H and O–H groups in total. The van der Waals surface area contributed by atoms with Gasteiger partial charge >= 0.3 is 0 Å². The molecule has 0 saturated carbocycles. The second kappa shape index (κ2) is 8.57. The number of hydrogen-bond acceptors (Lipinski definition) is 6. The van der Waals surface area contributed by atoms with Gasteiger partial charge in [0.05, 0.1) is 16.7 Å². The van der Waals surface area contributed by atoms with Crippen LogP contribution >= 0.6 is 38.6 Å². The van der Waals surface area contributed by atoms with Gasteiger partial charge in [-0.1, -0.05) is 45.5 Å². The van der Waals surface area contributed by atoms with Crippen molar-refractivity contribution >= 4 is 61.2 Å². The number of halogens is 1. The van der Waals surface area contributed by atoms with Crippen molar-refractivity contribution in [2.75, 3.05) is 5.32 Å². The molecule has 4 rings (SSSR count). The summed E-state index contributed by atoms with van der Waals surface area (Å²) in [7, 11) is 0. The predicted octanol–water partition coefficient (Wildman–Crippen LogP) is 6.54. The number of carbonyl (C=O) groups is 1. The van der Waals surface area contributed by atoms with E-state index in [2.05, 4.69) is 32.3 Å². The van der Waals surface area contributed by atoms with Gasteiger partial charge in [0, 0.05) is 4.47 Å². The Hall–Kier alpha value is -2.99. The van der Waals surface area contributed by atoms with Crippen LogP contribution in [0.3, 0.4) is 0 Å². The molecule has 0 saturated heterocycles. The molecule has 0 aliphatic heterocycles. The lowest BCUT2D eigenvalue weighted by molar-refractivity contribution is 0.0997. The molecule has 0 unspecified atom stereocenters. The van der Waals surface area contributed by atoms with E-state index < -0.39 is 0 Å². The highest BCUT2D eigenvalue weighted by Crippen LogP contribution is 2.38. The number of nitriles is 1. The molecule has 1 aromatic carbocycles. The molecule has 4 aromatic rings. The Morgan fingerprint density at radius 3 is 2.83 bits per heavy atom. The standard InChI is InChI=1S/C21H12BrN3O2S2/c22-15-5-1-4-13(11-15)10-14(12-23)20-24-18(17-7-3-9-28-17)21(29-20)25-19(26)16-6-2-8-27-16/h1-11H,(H,25,26). The fraction of sp³-hybridized carbons (Fsp3) is 0. The lowest BCUT2D eigenvalue weighted by atomic mass is 10.1. The minimum atomic E-state index is -0.363. The molecule has 0 spiro atoms. The molecule has 0 bridgehead atoms. The van der Waals surface area contributed by atoms with E-state index in [-0.39, 0.29) is 11.7 Å². The zero-order valence-electron chi connectivity index (χ0n) is 14.8. The summed E-state index contributed by atoms with van der Waals surface area (Å²) in [4.78, 5) is 18.0. The smallest absolute Gasteiger partial charge is 0.292 e. The number of hydrogen-bond donors (Lipinski definition) is 1. The summed E-state index contributed by atoms with van der Waals surface area (Å²) in [6.07, 6.45) is 3.22. The summed E-state index contributed by atoms with van der Waals surface area (Å²) in [5, 5.41) is 15.6. The first-order valence-electron chi connectivity index (χ1n) is 8.41. The second-order valence-corrected chi connectivity index (χ2v) is 8.69. The Kier molecular flexibility index (Phi) is 5.71. The molecule has 142 valence electrons. The fourth-order valence-corrected chi connectivity index (χ4v) is 4.72. The van der Waals surface area contributed by atoms with E-state index in [4.69, 9.17) is 4.42 Å². The van der Waals surface area contributed by atoms with Gasteiger partial charge in [-0.25, -0.2) is 4.98 Å². The molecule has 0 radical (unpaired) electrons. The van der Waals surface area contributed by atoms with E-state index >= 15 is 0 Å². The number of thiophene rings is 1. The number of allylic oxidation sites excluding steroid dienone is 1. The van der Waals surface area contributed by atoms with E-state index in [0.717, 1.165) is 14.9 Å². The number of anilines is 1. The van der Waals surface area contributed by atoms with E-state index in [1.807, 2.05) is 41.8 Å². The van der Waals surface area contributed by atoms with Gasteiger partial charge in [0.25, 0.3) is 5.91 Å². The van der Waals surface area contributed by atoms with E-state index in [0.29, 0.717) is 21.3 Å². The van der Waals surface area contributed by atoms with Gasteiger partial charge in [-0.3, -0.25) is 4.79 Å². The minimum absolute atomic E-state index is 0.210. The van der Waals surface area contributed by atoms with Crippen molar-refractivity contribution < 1.29 is 9.21 Å². The lowest BCUT2D eigenvalue weighted by Gasteiger charge is -2.01. The van der Waals surface area contributed by atoms with Crippen LogP contribution in [0.2, 0.25) is 0 Å². The maximum atomic E-state index is 12.5. The average Bonchev–Trinajstić information content (AvgIpc) is 3.47. The van der Waals surface area contributed by atoms with Crippen LogP contribution in [0.25, 0.3) is 22.2 Å². The Bertz CT molecular complexity index is 1220. The Morgan fingerprint density at radius 2 is 2.14 bits per heavy atom. The van der Waals surface area contributed by atoms with Gasteiger partial charge in [-0.2, -0.15) is 5.26 Å². The first-order chi connectivity index (χ1) is 14.1. The molecule has 3 heterocycles. The third-order valence-corrected chi connectivity index (χ3v) is 6.24. The third kappa shape index (κ3) is 4.38. The number of nitrogens with one attached hydrogen (secondary N) is 1. The van der Waals surface area contributed by atoms with Crippen LogP contribution in [-0.2, 0) is 0 Å². The van der Waals surface area contributed by atoms with E-state index in [9.17, 15) is 10.1 Å². The molecule has 0 aliphatic rings. The van der Waals surface area contributed by atoms with Gasteiger partial charge < -0.3 is 9.73 Å². The van der Waals surface area contributed by atoms with Crippen LogP contribution in [0.15, 0.2) is 69.1 Å². The summed E-state index contributed by atoms with van der Waals surface area (Å²) in [6.45, 7) is 0. The molecule has 0 fully saturated rings.